The lowest BCUT2D eigenvalue weighted by atomic mass is 10.1. The van der Waals surface area contributed by atoms with E-state index in [1.807, 2.05) is 0 Å². The molecule has 2 atom stereocenters. The maximum absolute atomic E-state index is 11.5. The van der Waals surface area contributed by atoms with Crippen molar-refractivity contribution in [2.24, 2.45) is 5.73 Å². The molecule has 26 heavy (non-hydrogen) atoms. The van der Waals surface area contributed by atoms with Crippen LogP contribution in [0.5, 0.6) is 0 Å². The number of rotatable bonds is 11. The Morgan fingerprint density at radius 2 is 1.58 bits per heavy atom. The summed E-state index contributed by atoms with van der Waals surface area (Å²) in [7, 11) is 1.59. The summed E-state index contributed by atoms with van der Waals surface area (Å²) in [5, 5.41) is 31.7. The van der Waals surface area contributed by atoms with Crippen LogP contribution in [0.25, 0.3) is 0 Å². The number of carbonyl (C=O) groups is 5. The minimum absolute atomic E-state index is 0.0256. The van der Waals surface area contributed by atoms with Gasteiger partial charge in [0.15, 0.2) is 0 Å². The fourth-order valence-electron chi connectivity index (χ4n) is 1.31. The van der Waals surface area contributed by atoms with Gasteiger partial charge in [0, 0.05) is 12.2 Å². The molecule has 0 aromatic rings. The molecule has 12 nitrogen and oxygen atoms in total. The summed E-state index contributed by atoms with van der Waals surface area (Å²) in [6.45, 7) is -0.525. The summed E-state index contributed by atoms with van der Waals surface area (Å²) in [6, 6.07) is -2.15. The normalized spacial score (nSPS) is 12.0. The van der Waals surface area contributed by atoms with E-state index in [-0.39, 0.29) is 25.1 Å². The predicted octanol–water partition coefficient (Wildman–Crippen LogP) is -2.92. The summed E-state index contributed by atoms with van der Waals surface area (Å²) >= 11 is 3.87. The van der Waals surface area contributed by atoms with Gasteiger partial charge >= 0.3 is 17.9 Å². The molecule has 2 amide bonds. The van der Waals surface area contributed by atoms with Crippen LogP contribution in [0.2, 0.25) is 0 Å². The van der Waals surface area contributed by atoms with Crippen molar-refractivity contribution >= 4 is 42.4 Å². The molecule has 0 rings (SSSR count). The molecule has 150 valence electrons. The SMILES string of the molecule is CNCC(=O)O.N[C@@H](CCC(=O)N[C@@H](CS)C(=O)NCC(=O)O)C(=O)O. The maximum atomic E-state index is 11.5. The van der Waals surface area contributed by atoms with E-state index >= 15 is 0 Å². The standard InChI is InChI=1S/C10H17N3O6S.C3H7NO2/c11-5(10(18)19)1-2-7(14)13-6(4-20)9(17)12-3-8(15)16;1-4-2-3(5)6/h5-6,20H,1-4,11H2,(H,12,17)(H,13,14)(H,15,16)(H,18,19);4H,2H2,1H3,(H,5,6)/t5-,6-;/m0./s1. The van der Waals surface area contributed by atoms with E-state index in [1.165, 1.54) is 0 Å². The van der Waals surface area contributed by atoms with E-state index in [9.17, 15) is 24.0 Å². The molecule has 0 aliphatic rings. The van der Waals surface area contributed by atoms with E-state index in [2.05, 4.69) is 28.6 Å². The van der Waals surface area contributed by atoms with E-state index in [0.29, 0.717) is 0 Å². The summed E-state index contributed by atoms with van der Waals surface area (Å²) in [4.78, 5) is 53.3. The second kappa shape index (κ2) is 14.9. The number of carboxylic acid groups (broad SMARTS) is 3. The minimum atomic E-state index is -1.22. The lowest BCUT2D eigenvalue weighted by Crippen LogP contribution is -2.49. The van der Waals surface area contributed by atoms with Crippen molar-refractivity contribution in [2.45, 2.75) is 24.9 Å². The van der Waals surface area contributed by atoms with Gasteiger partial charge in [-0.15, -0.1) is 0 Å². The zero-order chi connectivity index (χ0) is 20.7. The number of nitrogens with two attached hydrogens (primary N) is 1. The fraction of sp³-hybridized carbons (Fsp3) is 0.615. The summed E-state index contributed by atoms with van der Waals surface area (Å²) in [6.07, 6.45) is -0.235. The lowest BCUT2D eigenvalue weighted by molar-refractivity contribution is -0.139. The van der Waals surface area contributed by atoms with Gasteiger partial charge < -0.3 is 37.0 Å². The molecule has 8 N–H and O–H groups in total. The Balaban J connectivity index is 0. The van der Waals surface area contributed by atoms with Crippen molar-refractivity contribution in [2.75, 3.05) is 25.9 Å². The van der Waals surface area contributed by atoms with Gasteiger partial charge in [0.2, 0.25) is 11.8 Å². The Bertz CT molecular complexity index is 503. The van der Waals surface area contributed by atoms with E-state index in [4.69, 9.17) is 21.1 Å². The lowest BCUT2D eigenvalue weighted by Gasteiger charge is -2.16. The third kappa shape index (κ3) is 15.2. The predicted molar refractivity (Wildman–Crippen MR) is 92.8 cm³/mol. The number of amides is 2. The third-order valence-electron chi connectivity index (χ3n) is 2.58. The number of likely N-dealkylation sites (N-methyl/N-ethyl adjacent to an activating group) is 1. The number of thiol groups is 1. The van der Waals surface area contributed by atoms with Gasteiger partial charge in [-0.3, -0.25) is 24.0 Å². The molecule has 0 radical (unpaired) electrons. The molecule has 13 heteroatoms. The molecule has 0 unspecified atom stereocenters. The Labute approximate surface area is 154 Å². The number of carboxylic acids is 3. The average molecular weight is 396 g/mol. The highest BCUT2D eigenvalue weighted by molar-refractivity contribution is 7.80. The molecule has 0 aromatic carbocycles. The first-order valence-corrected chi connectivity index (χ1v) is 7.92. The van der Waals surface area contributed by atoms with Crippen molar-refractivity contribution in [3.63, 3.8) is 0 Å². The Morgan fingerprint density at radius 3 is 1.92 bits per heavy atom. The van der Waals surface area contributed by atoms with Crippen LogP contribution in [0.3, 0.4) is 0 Å². The van der Waals surface area contributed by atoms with Gasteiger partial charge in [0.1, 0.15) is 18.6 Å². The minimum Gasteiger partial charge on any atom is -0.480 e. The Morgan fingerprint density at radius 1 is 1.04 bits per heavy atom. The van der Waals surface area contributed by atoms with Crippen molar-refractivity contribution < 1.29 is 39.3 Å². The molecule has 0 spiro atoms. The molecule has 0 aromatic heterocycles. The molecular weight excluding hydrogens is 372 g/mol. The first-order chi connectivity index (χ1) is 12.0. The first kappa shape index (κ1) is 25.9. The van der Waals surface area contributed by atoms with Crippen LogP contribution in [0.4, 0.5) is 0 Å². The highest BCUT2D eigenvalue weighted by Crippen LogP contribution is 1.97. The van der Waals surface area contributed by atoms with Crippen LogP contribution in [0, 0.1) is 0 Å². The van der Waals surface area contributed by atoms with Crippen molar-refractivity contribution in [1.29, 1.82) is 0 Å². The second-order valence-corrected chi connectivity index (χ2v) is 5.19. The number of hydrogen-bond acceptors (Lipinski definition) is 8. The van der Waals surface area contributed by atoms with Crippen LogP contribution in [0.1, 0.15) is 12.8 Å². The van der Waals surface area contributed by atoms with Gasteiger partial charge in [0.25, 0.3) is 0 Å². The molecule has 0 bridgehead atoms. The number of carbonyl (C=O) groups excluding carboxylic acids is 2. The van der Waals surface area contributed by atoms with E-state index in [1.54, 1.807) is 7.05 Å². The molecule has 0 fully saturated rings. The van der Waals surface area contributed by atoms with Crippen LogP contribution in [-0.4, -0.2) is 83.0 Å². The average Bonchev–Trinajstić information content (AvgIpc) is 2.55. The molecule has 0 heterocycles. The quantitative estimate of drug-likeness (QED) is 0.167. The first-order valence-electron chi connectivity index (χ1n) is 7.29. The van der Waals surface area contributed by atoms with Gasteiger partial charge in [-0.05, 0) is 13.5 Å². The van der Waals surface area contributed by atoms with Crippen molar-refractivity contribution in [3.8, 4) is 0 Å². The zero-order valence-electron chi connectivity index (χ0n) is 14.1. The topological polar surface area (TPSA) is 208 Å². The van der Waals surface area contributed by atoms with Crippen molar-refractivity contribution in [3.05, 3.63) is 0 Å². The zero-order valence-corrected chi connectivity index (χ0v) is 15.0. The highest BCUT2D eigenvalue weighted by Gasteiger charge is 2.20. The Hall–Kier alpha value is -2.38. The van der Waals surface area contributed by atoms with Crippen LogP contribution in [-0.2, 0) is 24.0 Å². The van der Waals surface area contributed by atoms with E-state index in [0.717, 1.165) is 0 Å². The highest BCUT2D eigenvalue weighted by atomic mass is 32.1. The van der Waals surface area contributed by atoms with Crippen LogP contribution < -0.4 is 21.7 Å². The number of nitrogens with one attached hydrogen (secondary N) is 3. The largest absolute Gasteiger partial charge is 0.480 e. The molecule has 0 aliphatic heterocycles. The smallest absolute Gasteiger partial charge is 0.322 e. The molecule has 0 saturated carbocycles. The molecule has 0 saturated heterocycles. The van der Waals surface area contributed by atoms with Crippen molar-refractivity contribution in [1.82, 2.24) is 16.0 Å². The molecular formula is C13H24N4O8S. The maximum Gasteiger partial charge on any atom is 0.322 e. The van der Waals surface area contributed by atoms with Crippen LogP contribution in [0.15, 0.2) is 0 Å². The van der Waals surface area contributed by atoms with Gasteiger partial charge in [-0.2, -0.15) is 12.6 Å². The second-order valence-electron chi connectivity index (χ2n) is 4.82. The summed E-state index contributed by atoms with van der Waals surface area (Å²) < 4.78 is 0. The Kier molecular flexibility index (Phi) is 14.8. The van der Waals surface area contributed by atoms with Gasteiger partial charge in [-0.1, -0.05) is 0 Å². The number of hydrogen-bond donors (Lipinski definition) is 8. The third-order valence-corrected chi connectivity index (χ3v) is 2.94. The van der Waals surface area contributed by atoms with Gasteiger partial charge in [0.05, 0.1) is 6.54 Å². The molecule has 0 aliphatic carbocycles. The van der Waals surface area contributed by atoms with Gasteiger partial charge in [-0.25, -0.2) is 0 Å². The summed E-state index contributed by atoms with van der Waals surface area (Å²) in [5.41, 5.74) is 5.23. The van der Waals surface area contributed by atoms with Crippen LogP contribution >= 0.6 is 12.6 Å². The summed E-state index contributed by atoms with van der Waals surface area (Å²) in [5.74, 6) is -4.53. The monoisotopic (exact) mass is 396 g/mol. The number of aliphatic carboxylic acids is 3. The van der Waals surface area contributed by atoms with E-state index < -0.39 is 48.4 Å². The fourth-order valence-corrected chi connectivity index (χ4v) is 1.56.